The highest BCUT2D eigenvalue weighted by atomic mass is 127. The first kappa shape index (κ1) is 22.1. The molecule has 1 aliphatic rings. The highest BCUT2D eigenvalue weighted by Crippen LogP contribution is 2.27. The average molecular weight is 551 g/mol. The van der Waals surface area contributed by atoms with Crippen LogP contribution in [0.3, 0.4) is 0 Å². The van der Waals surface area contributed by atoms with Crippen molar-refractivity contribution in [2.45, 2.75) is 17.3 Å². The van der Waals surface area contributed by atoms with Gasteiger partial charge in [0.2, 0.25) is 5.91 Å². The molecule has 2 aromatic carbocycles. The topological polar surface area (TPSA) is 73.7 Å². The zero-order valence-electron chi connectivity index (χ0n) is 17.2. The predicted octanol–water partition coefficient (Wildman–Crippen LogP) is 3.34. The van der Waals surface area contributed by atoms with Crippen LogP contribution in [-0.2, 0) is 9.53 Å². The summed E-state index contributed by atoms with van der Waals surface area (Å²) >= 11 is 3.48. The van der Waals surface area contributed by atoms with E-state index in [9.17, 15) is 9.59 Å². The molecule has 2 heterocycles. The summed E-state index contributed by atoms with van der Waals surface area (Å²) in [6.45, 7) is 4.11. The summed E-state index contributed by atoms with van der Waals surface area (Å²) in [7, 11) is 1.60. The van der Waals surface area contributed by atoms with E-state index in [4.69, 9.17) is 14.5 Å². The van der Waals surface area contributed by atoms with Crippen molar-refractivity contribution in [2.24, 2.45) is 0 Å². The highest BCUT2D eigenvalue weighted by Gasteiger charge is 2.25. The van der Waals surface area contributed by atoms with E-state index >= 15 is 0 Å². The van der Waals surface area contributed by atoms with Crippen LogP contribution in [0.2, 0.25) is 0 Å². The summed E-state index contributed by atoms with van der Waals surface area (Å²) in [6, 6.07) is 12.8. The second-order valence-electron chi connectivity index (χ2n) is 7.09. The van der Waals surface area contributed by atoms with Crippen molar-refractivity contribution in [1.29, 1.82) is 0 Å². The molecule has 162 valence electrons. The fourth-order valence-electron chi connectivity index (χ4n) is 3.42. The third-order valence-electron chi connectivity index (χ3n) is 5.08. The summed E-state index contributed by atoms with van der Waals surface area (Å²) in [5.41, 5.74) is 1.12. The van der Waals surface area contributed by atoms with Gasteiger partial charge in [-0.1, -0.05) is 11.8 Å². The van der Waals surface area contributed by atoms with Gasteiger partial charge in [0.05, 0.1) is 42.2 Å². The molecule has 0 radical (unpaired) electrons. The number of hydrogen-bond acceptors (Lipinski definition) is 6. The lowest BCUT2D eigenvalue weighted by atomic mass is 10.2. The fourth-order valence-corrected chi connectivity index (χ4v) is 4.93. The number of morpholine rings is 1. The van der Waals surface area contributed by atoms with Gasteiger partial charge in [-0.15, -0.1) is 0 Å². The Hall–Kier alpha value is -2.11. The molecule has 9 heteroatoms. The van der Waals surface area contributed by atoms with Crippen LogP contribution in [0.4, 0.5) is 0 Å². The van der Waals surface area contributed by atoms with Crippen molar-refractivity contribution in [3.05, 3.63) is 56.4 Å². The molecule has 1 amide bonds. The van der Waals surface area contributed by atoms with E-state index in [1.807, 2.05) is 37.3 Å². The van der Waals surface area contributed by atoms with Crippen LogP contribution in [0.15, 0.2) is 52.4 Å². The van der Waals surface area contributed by atoms with Gasteiger partial charge in [0, 0.05) is 16.7 Å². The number of halogens is 1. The normalized spacial score (nSPS) is 15.1. The lowest BCUT2D eigenvalue weighted by Crippen LogP contribution is -2.44. The number of methoxy groups -OCH3 is 1. The highest BCUT2D eigenvalue weighted by molar-refractivity contribution is 14.1. The molecule has 31 heavy (non-hydrogen) atoms. The van der Waals surface area contributed by atoms with E-state index in [0.717, 1.165) is 3.57 Å². The van der Waals surface area contributed by atoms with Gasteiger partial charge < -0.3 is 14.4 Å². The number of thioether (sulfide) groups is 1. The Morgan fingerprint density at radius 1 is 1.19 bits per heavy atom. The number of aromatic nitrogens is 2. The lowest BCUT2D eigenvalue weighted by molar-refractivity contribution is -0.134. The van der Waals surface area contributed by atoms with E-state index in [0.29, 0.717) is 53.8 Å². The number of ether oxygens (including phenoxy) is 2. The molecule has 1 aliphatic heterocycles. The van der Waals surface area contributed by atoms with Gasteiger partial charge in [-0.3, -0.25) is 14.2 Å². The van der Waals surface area contributed by atoms with Crippen molar-refractivity contribution < 1.29 is 14.3 Å². The summed E-state index contributed by atoms with van der Waals surface area (Å²) < 4.78 is 13.1. The molecule has 4 rings (SSSR count). The minimum atomic E-state index is -0.393. The monoisotopic (exact) mass is 551 g/mol. The number of rotatable bonds is 5. The number of hydrogen-bond donors (Lipinski definition) is 0. The summed E-state index contributed by atoms with van der Waals surface area (Å²) in [5.74, 6) is 0.719. The third-order valence-corrected chi connectivity index (χ3v) is 6.79. The van der Waals surface area contributed by atoms with E-state index < -0.39 is 5.25 Å². The van der Waals surface area contributed by atoms with Crippen molar-refractivity contribution >= 4 is 51.2 Å². The minimum Gasteiger partial charge on any atom is -0.497 e. The van der Waals surface area contributed by atoms with Gasteiger partial charge >= 0.3 is 0 Å². The molecular weight excluding hydrogens is 529 g/mol. The number of benzene rings is 2. The Morgan fingerprint density at radius 2 is 1.90 bits per heavy atom. The molecule has 1 fully saturated rings. The number of carbonyl (C=O) groups is 1. The maximum Gasteiger partial charge on any atom is 0.266 e. The molecule has 1 unspecified atom stereocenters. The molecule has 1 atom stereocenters. The molecule has 0 spiro atoms. The van der Waals surface area contributed by atoms with E-state index in [2.05, 4.69) is 22.6 Å². The summed E-state index contributed by atoms with van der Waals surface area (Å²) in [5, 5.41) is 0.632. The Labute approximate surface area is 197 Å². The van der Waals surface area contributed by atoms with Gasteiger partial charge in [-0.25, -0.2) is 4.98 Å². The SMILES string of the molecule is COc1ccc(-n2c(SC(C)C(=O)N3CCOCC3)nc3ccc(I)cc3c2=O)cc1. The van der Waals surface area contributed by atoms with Gasteiger partial charge in [-0.2, -0.15) is 0 Å². The molecule has 0 aliphatic carbocycles. The Kier molecular flexibility index (Phi) is 6.83. The fraction of sp³-hybridized carbons (Fsp3) is 0.318. The van der Waals surface area contributed by atoms with Crippen LogP contribution >= 0.6 is 34.4 Å². The predicted molar refractivity (Wildman–Crippen MR) is 129 cm³/mol. The Bertz CT molecular complexity index is 1160. The van der Waals surface area contributed by atoms with Crippen LogP contribution in [0.1, 0.15) is 6.92 Å². The van der Waals surface area contributed by atoms with Crippen LogP contribution in [0.5, 0.6) is 5.75 Å². The first-order valence-corrected chi connectivity index (χ1v) is 11.8. The van der Waals surface area contributed by atoms with Crippen molar-refractivity contribution in [3.63, 3.8) is 0 Å². The molecule has 1 saturated heterocycles. The number of nitrogens with zero attached hydrogens (tertiary/aromatic N) is 3. The molecule has 7 nitrogen and oxygen atoms in total. The maximum absolute atomic E-state index is 13.5. The van der Waals surface area contributed by atoms with E-state index in [1.165, 1.54) is 11.8 Å². The van der Waals surface area contributed by atoms with Crippen LogP contribution in [0, 0.1) is 3.57 Å². The zero-order valence-corrected chi connectivity index (χ0v) is 20.2. The largest absolute Gasteiger partial charge is 0.497 e. The van der Waals surface area contributed by atoms with Gasteiger partial charge in [0.1, 0.15) is 5.75 Å². The van der Waals surface area contributed by atoms with Crippen molar-refractivity contribution in [1.82, 2.24) is 14.5 Å². The summed E-state index contributed by atoms with van der Waals surface area (Å²) in [6.07, 6.45) is 0. The van der Waals surface area contributed by atoms with E-state index in [-0.39, 0.29) is 11.5 Å². The van der Waals surface area contributed by atoms with Crippen LogP contribution in [0.25, 0.3) is 16.6 Å². The second kappa shape index (κ2) is 9.58. The standard InChI is InChI=1S/C22H22IN3O4S/c1-14(20(27)25-9-11-30-12-10-25)31-22-24-19-8-3-15(23)13-18(19)21(28)26(22)16-4-6-17(29-2)7-5-16/h3-8,13-14H,9-12H2,1-2H3. The molecule has 3 aromatic rings. The minimum absolute atomic E-state index is 0.0199. The Balaban J connectivity index is 1.77. The van der Waals surface area contributed by atoms with Crippen molar-refractivity contribution in [2.75, 3.05) is 33.4 Å². The third kappa shape index (κ3) is 4.73. The second-order valence-corrected chi connectivity index (χ2v) is 9.65. The first-order valence-electron chi connectivity index (χ1n) is 9.88. The number of carbonyl (C=O) groups excluding carboxylic acids is 1. The maximum atomic E-state index is 13.5. The Morgan fingerprint density at radius 3 is 2.58 bits per heavy atom. The summed E-state index contributed by atoms with van der Waals surface area (Å²) in [4.78, 5) is 33.0. The van der Waals surface area contributed by atoms with Crippen LogP contribution < -0.4 is 10.3 Å². The molecular formula is C22H22IN3O4S. The molecule has 0 saturated carbocycles. The number of fused-ring (bicyclic) bond motifs is 1. The molecule has 0 N–H and O–H groups in total. The van der Waals surface area contributed by atoms with Gasteiger partial charge in [0.25, 0.3) is 5.56 Å². The van der Waals surface area contributed by atoms with Gasteiger partial charge in [0.15, 0.2) is 5.16 Å². The smallest absolute Gasteiger partial charge is 0.266 e. The molecule has 1 aromatic heterocycles. The van der Waals surface area contributed by atoms with Gasteiger partial charge in [-0.05, 0) is 72.0 Å². The first-order chi connectivity index (χ1) is 15.0. The quantitative estimate of drug-likeness (QED) is 0.275. The average Bonchev–Trinajstić information content (AvgIpc) is 2.80. The van der Waals surface area contributed by atoms with Crippen LogP contribution in [-0.4, -0.2) is 59.0 Å². The molecule has 0 bridgehead atoms. The zero-order chi connectivity index (χ0) is 22.0. The lowest BCUT2D eigenvalue weighted by Gasteiger charge is -2.29. The number of amides is 1. The van der Waals surface area contributed by atoms with E-state index in [1.54, 1.807) is 28.7 Å². The van der Waals surface area contributed by atoms with Crippen molar-refractivity contribution in [3.8, 4) is 11.4 Å².